The Morgan fingerprint density at radius 3 is 2.37 bits per heavy atom. The summed E-state index contributed by atoms with van der Waals surface area (Å²) in [5.41, 5.74) is 0.138. The van der Waals surface area contributed by atoms with Gasteiger partial charge in [0.1, 0.15) is 5.75 Å². The Hall–Kier alpha value is -1.54. The van der Waals surface area contributed by atoms with Crippen molar-refractivity contribution >= 4 is 35.0 Å². The van der Waals surface area contributed by atoms with Gasteiger partial charge in [-0.25, -0.2) is 0 Å². The molecule has 2 N–H and O–H groups in total. The zero-order valence-corrected chi connectivity index (χ0v) is 18.3. The van der Waals surface area contributed by atoms with E-state index in [0.717, 1.165) is 32.2 Å². The number of rotatable bonds is 3. The summed E-state index contributed by atoms with van der Waals surface area (Å²) in [4.78, 5) is 31.2. The van der Waals surface area contributed by atoms with Crippen molar-refractivity contribution in [3.05, 3.63) is 27.7 Å². The Bertz CT molecular complexity index is 842. The standard InChI is InChI=1S/C21H27Cl2N3O4/c22-14-9-16(19(29)17(23)10-14)20(30)26-8-4-21(13-26)2-6-25(7-3-21)18(28)12-24-5-1-15(27)11-24/h9-10,15,27,29H,1-8,11-13H2. The Labute approximate surface area is 186 Å². The van der Waals surface area contributed by atoms with E-state index < -0.39 is 0 Å². The van der Waals surface area contributed by atoms with Crippen LogP contribution in [0.2, 0.25) is 10.0 Å². The molecule has 1 aromatic rings. The van der Waals surface area contributed by atoms with Crippen LogP contribution in [-0.2, 0) is 4.79 Å². The van der Waals surface area contributed by atoms with Crippen LogP contribution < -0.4 is 0 Å². The molecule has 3 heterocycles. The van der Waals surface area contributed by atoms with Gasteiger partial charge in [0, 0.05) is 44.3 Å². The number of aliphatic hydroxyl groups is 1. The van der Waals surface area contributed by atoms with Crippen molar-refractivity contribution in [1.29, 1.82) is 0 Å². The third-order valence-electron chi connectivity index (χ3n) is 6.77. The van der Waals surface area contributed by atoms with E-state index in [9.17, 15) is 19.8 Å². The van der Waals surface area contributed by atoms with E-state index in [4.69, 9.17) is 23.2 Å². The van der Waals surface area contributed by atoms with Crippen LogP contribution in [0.1, 0.15) is 36.0 Å². The number of phenolic OH excluding ortho intramolecular Hbond substituents is 1. The van der Waals surface area contributed by atoms with Crippen molar-refractivity contribution in [2.75, 3.05) is 45.8 Å². The quantitative estimate of drug-likeness (QED) is 0.729. The maximum absolute atomic E-state index is 12.9. The van der Waals surface area contributed by atoms with Crippen LogP contribution in [0.5, 0.6) is 5.75 Å². The number of carbonyl (C=O) groups excluding carboxylic acids is 2. The Morgan fingerprint density at radius 1 is 1.07 bits per heavy atom. The minimum atomic E-state index is -0.321. The summed E-state index contributed by atoms with van der Waals surface area (Å²) >= 11 is 12.0. The third kappa shape index (κ3) is 4.40. The van der Waals surface area contributed by atoms with E-state index in [0.29, 0.717) is 44.3 Å². The molecule has 9 heteroatoms. The molecule has 30 heavy (non-hydrogen) atoms. The van der Waals surface area contributed by atoms with E-state index in [-0.39, 0.29) is 39.7 Å². The smallest absolute Gasteiger partial charge is 0.257 e. The van der Waals surface area contributed by atoms with Gasteiger partial charge in [0.15, 0.2) is 0 Å². The SMILES string of the molecule is O=C(CN1CCC(O)C1)N1CCC2(CC1)CCN(C(=O)c1cc(Cl)cc(Cl)c1O)C2. The molecule has 1 aromatic carbocycles. The highest BCUT2D eigenvalue weighted by atomic mass is 35.5. The Kier molecular flexibility index (Phi) is 6.17. The number of aliphatic hydroxyl groups excluding tert-OH is 1. The van der Waals surface area contributed by atoms with Gasteiger partial charge in [-0.15, -0.1) is 0 Å². The molecule has 0 saturated carbocycles. The summed E-state index contributed by atoms with van der Waals surface area (Å²) in [6.45, 7) is 4.29. The lowest BCUT2D eigenvalue weighted by atomic mass is 9.77. The molecule has 1 unspecified atom stereocenters. The van der Waals surface area contributed by atoms with Gasteiger partial charge in [0.2, 0.25) is 5.91 Å². The molecular weight excluding hydrogens is 429 g/mol. The molecule has 4 rings (SSSR count). The second-order valence-corrected chi connectivity index (χ2v) is 9.66. The van der Waals surface area contributed by atoms with Crippen LogP contribution in [0.4, 0.5) is 0 Å². The summed E-state index contributed by atoms with van der Waals surface area (Å²) in [7, 11) is 0. The van der Waals surface area contributed by atoms with Gasteiger partial charge in [0.25, 0.3) is 5.91 Å². The average Bonchev–Trinajstić information content (AvgIpc) is 3.31. The van der Waals surface area contributed by atoms with Gasteiger partial charge in [-0.2, -0.15) is 0 Å². The number of hydrogen-bond donors (Lipinski definition) is 2. The fraction of sp³-hybridized carbons (Fsp3) is 0.619. The van der Waals surface area contributed by atoms with Crippen LogP contribution in [0.3, 0.4) is 0 Å². The predicted molar refractivity (Wildman–Crippen MR) is 114 cm³/mol. The molecule has 0 bridgehead atoms. The first-order chi connectivity index (χ1) is 14.3. The van der Waals surface area contributed by atoms with Gasteiger partial charge in [-0.05, 0) is 43.2 Å². The molecule has 164 valence electrons. The maximum Gasteiger partial charge on any atom is 0.257 e. The molecule has 2 amide bonds. The van der Waals surface area contributed by atoms with Crippen LogP contribution >= 0.6 is 23.2 Å². The number of benzene rings is 1. The van der Waals surface area contributed by atoms with Gasteiger partial charge >= 0.3 is 0 Å². The van der Waals surface area contributed by atoms with Gasteiger partial charge in [0.05, 0.1) is 23.2 Å². The van der Waals surface area contributed by atoms with E-state index in [1.807, 2.05) is 9.80 Å². The molecule has 1 spiro atoms. The normalized spacial score (nSPS) is 24.0. The molecule has 3 saturated heterocycles. The van der Waals surface area contributed by atoms with Crippen molar-refractivity contribution < 1.29 is 19.8 Å². The number of halogens is 2. The topological polar surface area (TPSA) is 84.3 Å². The highest BCUT2D eigenvalue weighted by Crippen LogP contribution is 2.42. The molecule has 3 aliphatic heterocycles. The van der Waals surface area contributed by atoms with E-state index >= 15 is 0 Å². The fourth-order valence-corrected chi connectivity index (χ4v) is 5.39. The fourth-order valence-electron chi connectivity index (χ4n) is 4.89. The second-order valence-electron chi connectivity index (χ2n) is 8.82. The van der Waals surface area contributed by atoms with Crippen molar-refractivity contribution in [2.24, 2.45) is 5.41 Å². The van der Waals surface area contributed by atoms with Gasteiger partial charge in [-0.3, -0.25) is 14.5 Å². The molecule has 1 atom stereocenters. The first kappa shape index (κ1) is 21.7. The highest BCUT2D eigenvalue weighted by molar-refractivity contribution is 6.36. The molecular formula is C21H27Cl2N3O4. The van der Waals surface area contributed by atoms with Gasteiger partial charge in [-0.1, -0.05) is 23.2 Å². The summed E-state index contributed by atoms with van der Waals surface area (Å²) in [6.07, 6.45) is 3.00. The first-order valence-electron chi connectivity index (χ1n) is 10.4. The number of phenols is 1. The lowest BCUT2D eigenvalue weighted by molar-refractivity contribution is -0.134. The number of piperidine rings is 1. The van der Waals surface area contributed by atoms with E-state index in [1.54, 1.807) is 4.90 Å². The van der Waals surface area contributed by atoms with Crippen molar-refractivity contribution in [1.82, 2.24) is 14.7 Å². The number of amides is 2. The van der Waals surface area contributed by atoms with Crippen LogP contribution in [0, 0.1) is 5.41 Å². The predicted octanol–water partition coefficient (Wildman–Crippen LogP) is 2.22. The van der Waals surface area contributed by atoms with Crippen LogP contribution in [0.25, 0.3) is 0 Å². The van der Waals surface area contributed by atoms with E-state index in [1.165, 1.54) is 12.1 Å². The summed E-state index contributed by atoms with van der Waals surface area (Å²) in [5, 5.41) is 20.2. The molecule has 0 aromatic heterocycles. The Balaban J connectivity index is 1.34. The molecule has 0 radical (unpaired) electrons. The number of likely N-dealkylation sites (tertiary alicyclic amines) is 3. The summed E-state index contributed by atoms with van der Waals surface area (Å²) in [6, 6.07) is 2.86. The van der Waals surface area contributed by atoms with Crippen molar-refractivity contribution in [3.63, 3.8) is 0 Å². The third-order valence-corrected chi connectivity index (χ3v) is 7.27. The number of nitrogens with zero attached hydrogens (tertiary/aromatic N) is 3. The lowest BCUT2D eigenvalue weighted by Gasteiger charge is -2.39. The minimum absolute atomic E-state index is 0.00820. The monoisotopic (exact) mass is 455 g/mol. The number of hydrogen-bond acceptors (Lipinski definition) is 5. The summed E-state index contributed by atoms with van der Waals surface area (Å²) < 4.78 is 0. The first-order valence-corrected chi connectivity index (χ1v) is 11.2. The molecule has 7 nitrogen and oxygen atoms in total. The largest absolute Gasteiger partial charge is 0.506 e. The molecule has 3 aliphatic rings. The summed E-state index contributed by atoms with van der Waals surface area (Å²) in [5.74, 6) is -0.386. The molecule has 0 aliphatic carbocycles. The number of carbonyl (C=O) groups is 2. The number of aromatic hydroxyl groups is 1. The van der Waals surface area contributed by atoms with Gasteiger partial charge < -0.3 is 20.0 Å². The minimum Gasteiger partial charge on any atom is -0.506 e. The number of β-amino-alcohol motifs (C(OH)–C–C–N with tert-alkyl or cyclic N) is 1. The zero-order chi connectivity index (χ0) is 21.5. The average molecular weight is 456 g/mol. The molecule has 3 fully saturated rings. The Morgan fingerprint density at radius 2 is 1.73 bits per heavy atom. The van der Waals surface area contributed by atoms with Crippen LogP contribution in [-0.4, -0.2) is 88.6 Å². The van der Waals surface area contributed by atoms with Crippen LogP contribution in [0.15, 0.2) is 12.1 Å². The van der Waals surface area contributed by atoms with Crippen molar-refractivity contribution in [3.8, 4) is 5.75 Å². The maximum atomic E-state index is 12.9. The van der Waals surface area contributed by atoms with E-state index in [2.05, 4.69) is 0 Å². The second kappa shape index (κ2) is 8.54. The van der Waals surface area contributed by atoms with Crippen molar-refractivity contribution in [2.45, 2.75) is 31.8 Å². The lowest BCUT2D eigenvalue weighted by Crippen LogP contribution is -2.47. The zero-order valence-electron chi connectivity index (χ0n) is 16.8. The highest BCUT2D eigenvalue weighted by Gasteiger charge is 2.43.